The van der Waals surface area contributed by atoms with Gasteiger partial charge in [0.05, 0.1) is 17.1 Å². The van der Waals surface area contributed by atoms with Crippen LogP contribution in [0.25, 0.3) is 10.9 Å². The smallest absolute Gasteiger partial charge is 0.147 e. The highest BCUT2D eigenvalue weighted by molar-refractivity contribution is 7.09. The van der Waals surface area contributed by atoms with E-state index in [9.17, 15) is 0 Å². The van der Waals surface area contributed by atoms with Crippen LogP contribution in [0, 0.1) is 0 Å². The first-order valence-corrected chi connectivity index (χ1v) is 7.70. The Morgan fingerprint density at radius 3 is 3.00 bits per heavy atom. The number of nitrogens with zero attached hydrogens (tertiary/aromatic N) is 2. The van der Waals surface area contributed by atoms with Gasteiger partial charge in [-0.1, -0.05) is 6.07 Å². The average Bonchev–Trinajstić information content (AvgIpc) is 2.97. The van der Waals surface area contributed by atoms with Crippen molar-refractivity contribution in [1.82, 2.24) is 9.97 Å². The van der Waals surface area contributed by atoms with Crippen molar-refractivity contribution in [3.63, 3.8) is 0 Å². The lowest BCUT2D eigenvalue weighted by molar-refractivity contribution is 0.229. The van der Waals surface area contributed by atoms with Gasteiger partial charge < -0.3 is 4.74 Å². The zero-order valence-corrected chi connectivity index (χ0v) is 12.5. The van der Waals surface area contributed by atoms with Gasteiger partial charge in [0.25, 0.3) is 0 Å². The first-order chi connectivity index (χ1) is 9.78. The lowest BCUT2D eigenvalue weighted by Crippen LogP contribution is -2.03. The number of hydrogen-bond acceptors (Lipinski definition) is 4. The molecule has 102 valence electrons. The SMILES string of the molecule is CC(Oc1cccc2ncccc12)c1nc(CCl)cs1. The van der Waals surface area contributed by atoms with Crippen LogP contribution in [0.5, 0.6) is 5.75 Å². The number of ether oxygens (including phenoxy) is 1. The second-order valence-corrected chi connectivity index (χ2v) is 5.55. The van der Waals surface area contributed by atoms with Gasteiger partial charge in [0.15, 0.2) is 0 Å². The van der Waals surface area contributed by atoms with Gasteiger partial charge in [-0.25, -0.2) is 4.98 Å². The fourth-order valence-corrected chi connectivity index (χ4v) is 3.02. The standard InChI is InChI=1S/C15H13ClN2OS/c1-10(15-18-11(8-16)9-20-15)19-14-6-2-5-13-12(14)4-3-7-17-13/h2-7,9-10H,8H2,1H3. The molecule has 0 aliphatic carbocycles. The first kappa shape index (κ1) is 13.3. The monoisotopic (exact) mass is 304 g/mol. The minimum Gasteiger partial charge on any atom is -0.483 e. The number of pyridine rings is 1. The van der Waals surface area contributed by atoms with E-state index in [1.54, 1.807) is 17.5 Å². The Bertz CT molecular complexity index is 723. The Kier molecular flexibility index (Phi) is 3.85. The molecule has 2 aromatic heterocycles. The minimum absolute atomic E-state index is 0.109. The van der Waals surface area contributed by atoms with Crippen molar-refractivity contribution in [2.24, 2.45) is 0 Å². The number of benzene rings is 1. The van der Waals surface area contributed by atoms with E-state index in [0.717, 1.165) is 27.4 Å². The summed E-state index contributed by atoms with van der Waals surface area (Å²) in [5.41, 5.74) is 1.82. The molecule has 3 aromatic rings. The van der Waals surface area contributed by atoms with Crippen molar-refractivity contribution in [2.45, 2.75) is 18.9 Å². The molecular formula is C15H13ClN2OS. The van der Waals surface area contributed by atoms with E-state index >= 15 is 0 Å². The Labute approximate surface area is 126 Å². The van der Waals surface area contributed by atoms with E-state index in [-0.39, 0.29) is 6.10 Å². The molecule has 0 N–H and O–H groups in total. The maximum atomic E-state index is 6.04. The third-order valence-electron chi connectivity index (χ3n) is 2.96. The molecule has 0 radical (unpaired) electrons. The lowest BCUT2D eigenvalue weighted by atomic mass is 10.2. The molecule has 0 fully saturated rings. The maximum Gasteiger partial charge on any atom is 0.147 e. The molecule has 0 bridgehead atoms. The van der Waals surface area contributed by atoms with Gasteiger partial charge in [0, 0.05) is 17.0 Å². The first-order valence-electron chi connectivity index (χ1n) is 6.28. The van der Waals surface area contributed by atoms with Crippen LogP contribution in [0.15, 0.2) is 41.9 Å². The van der Waals surface area contributed by atoms with Gasteiger partial charge >= 0.3 is 0 Å². The molecule has 0 saturated heterocycles. The highest BCUT2D eigenvalue weighted by Gasteiger charge is 2.13. The van der Waals surface area contributed by atoms with E-state index in [0.29, 0.717) is 5.88 Å². The van der Waals surface area contributed by atoms with Crippen LogP contribution in [0.4, 0.5) is 0 Å². The van der Waals surface area contributed by atoms with Gasteiger partial charge in [-0.15, -0.1) is 22.9 Å². The molecule has 1 aromatic carbocycles. The summed E-state index contributed by atoms with van der Waals surface area (Å²) in [7, 11) is 0. The number of alkyl halides is 1. The molecule has 3 rings (SSSR count). The Morgan fingerprint density at radius 2 is 2.20 bits per heavy atom. The number of hydrogen-bond donors (Lipinski definition) is 0. The molecule has 1 atom stereocenters. The molecular weight excluding hydrogens is 292 g/mol. The Balaban J connectivity index is 1.89. The summed E-state index contributed by atoms with van der Waals surface area (Å²) >= 11 is 7.35. The third-order valence-corrected chi connectivity index (χ3v) is 4.29. The fraction of sp³-hybridized carbons (Fsp3) is 0.200. The topological polar surface area (TPSA) is 35.0 Å². The molecule has 5 heteroatoms. The third kappa shape index (κ3) is 2.62. The van der Waals surface area contributed by atoms with Crippen LogP contribution in [-0.4, -0.2) is 9.97 Å². The normalized spacial score (nSPS) is 12.5. The van der Waals surface area contributed by atoms with Gasteiger partial charge in [0.1, 0.15) is 16.9 Å². The molecule has 0 amide bonds. The predicted molar refractivity (Wildman–Crippen MR) is 82.5 cm³/mol. The van der Waals surface area contributed by atoms with E-state index in [4.69, 9.17) is 16.3 Å². The van der Waals surface area contributed by atoms with Crippen molar-refractivity contribution in [3.8, 4) is 5.75 Å². The van der Waals surface area contributed by atoms with Gasteiger partial charge in [0.2, 0.25) is 0 Å². The number of aromatic nitrogens is 2. The maximum absolute atomic E-state index is 6.04. The number of rotatable bonds is 4. The lowest BCUT2D eigenvalue weighted by Gasteiger charge is -2.14. The number of thiazole rings is 1. The summed E-state index contributed by atoms with van der Waals surface area (Å²) in [6.45, 7) is 1.99. The number of halogens is 1. The van der Waals surface area contributed by atoms with Crippen molar-refractivity contribution in [3.05, 3.63) is 52.6 Å². The number of fused-ring (bicyclic) bond motifs is 1. The Hall–Kier alpha value is -1.65. The summed E-state index contributed by atoms with van der Waals surface area (Å²) in [5, 5.41) is 3.91. The zero-order chi connectivity index (χ0) is 13.9. The van der Waals surface area contributed by atoms with E-state index in [1.165, 1.54) is 0 Å². The molecule has 1 unspecified atom stereocenters. The van der Waals surface area contributed by atoms with Crippen molar-refractivity contribution >= 4 is 33.8 Å². The zero-order valence-electron chi connectivity index (χ0n) is 10.9. The van der Waals surface area contributed by atoms with Crippen molar-refractivity contribution in [2.75, 3.05) is 0 Å². The van der Waals surface area contributed by atoms with Crippen LogP contribution >= 0.6 is 22.9 Å². The van der Waals surface area contributed by atoms with Crippen molar-refractivity contribution < 1.29 is 4.74 Å². The summed E-state index contributed by atoms with van der Waals surface area (Å²) in [6, 6.07) is 9.80. The molecule has 0 saturated carbocycles. The van der Waals surface area contributed by atoms with Crippen LogP contribution in [-0.2, 0) is 5.88 Å². The average molecular weight is 305 g/mol. The van der Waals surface area contributed by atoms with Gasteiger partial charge in [-0.3, -0.25) is 4.98 Å². The van der Waals surface area contributed by atoms with Gasteiger partial charge in [-0.05, 0) is 31.2 Å². The summed E-state index contributed by atoms with van der Waals surface area (Å²) in [6.07, 6.45) is 1.67. The van der Waals surface area contributed by atoms with Crippen LogP contribution in [0.2, 0.25) is 0 Å². The van der Waals surface area contributed by atoms with Crippen LogP contribution in [0.3, 0.4) is 0 Å². The summed E-state index contributed by atoms with van der Waals surface area (Å²) in [4.78, 5) is 8.78. The van der Waals surface area contributed by atoms with Crippen molar-refractivity contribution in [1.29, 1.82) is 0 Å². The van der Waals surface area contributed by atoms with E-state index in [1.807, 2.05) is 42.6 Å². The Morgan fingerprint density at radius 1 is 1.30 bits per heavy atom. The highest BCUT2D eigenvalue weighted by atomic mass is 35.5. The quantitative estimate of drug-likeness (QED) is 0.662. The molecule has 0 spiro atoms. The van der Waals surface area contributed by atoms with Crippen LogP contribution in [0.1, 0.15) is 23.7 Å². The molecule has 0 aliphatic rings. The second kappa shape index (κ2) is 5.77. The second-order valence-electron chi connectivity index (χ2n) is 4.40. The van der Waals surface area contributed by atoms with Crippen LogP contribution < -0.4 is 4.74 Å². The predicted octanol–water partition coefficient (Wildman–Crippen LogP) is 4.57. The van der Waals surface area contributed by atoms with E-state index < -0.39 is 0 Å². The van der Waals surface area contributed by atoms with E-state index in [2.05, 4.69) is 9.97 Å². The minimum atomic E-state index is -0.109. The summed E-state index contributed by atoms with van der Waals surface area (Å²) in [5.74, 6) is 1.26. The highest BCUT2D eigenvalue weighted by Crippen LogP contribution is 2.29. The molecule has 3 nitrogen and oxygen atoms in total. The largest absolute Gasteiger partial charge is 0.483 e. The molecule has 20 heavy (non-hydrogen) atoms. The molecule has 2 heterocycles. The molecule has 0 aliphatic heterocycles. The fourth-order valence-electron chi connectivity index (χ4n) is 1.99. The summed E-state index contributed by atoms with van der Waals surface area (Å²) < 4.78 is 6.04. The van der Waals surface area contributed by atoms with Gasteiger partial charge in [-0.2, -0.15) is 0 Å².